The number of hydrogen-bond donors (Lipinski definition) is 1. The van der Waals surface area contributed by atoms with E-state index in [0.717, 1.165) is 43.7 Å². The summed E-state index contributed by atoms with van der Waals surface area (Å²) < 4.78 is 0. The number of rotatable bonds is 5. The van der Waals surface area contributed by atoms with Gasteiger partial charge in [-0.15, -0.1) is 0 Å². The Balaban J connectivity index is 1.45. The molecule has 0 fully saturated rings. The van der Waals surface area contributed by atoms with Crippen molar-refractivity contribution in [1.29, 1.82) is 0 Å². The molecule has 3 nitrogen and oxygen atoms in total. The summed E-state index contributed by atoms with van der Waals surface area (Å²) in [6.45, 7) is 3.15. The molecule has 3 heteroatoms. The van der Waals surface area contributed by atoms with Gasteiger partial charge < -0.3 is 0 Å². The summed E-state index contributed by atoms with van der Waals surface area (Å²) in [4.78, 5) is 7.34. The first-order valence-corrected chi connectivity index (χ1v) is 8.70. The van der Waals surface area contributed by atoms with E-state index in [9.17, 15) is 0 Å². The average molecular weight is 332 g/mol. The van der Waals surface area contributed by atoms with Crippen LogP contribution >= 0.6 is 0 Å². The molecule has 1 aliphatic rings. The fourth-order valence-corrected chi connectivity index (χ4v) is 2.95. The number of nitrogens with one attached hydrogen (secondary N) is 1. The molecule has 2 aromatic rings. The molecule has 0 saturated heterocycles. The summed E-state index contributed by atoms with van der Waals surface area (Å²) in [6, 6.07) is 18.6. The zero-order chi connectivity index (χ0) is 17.3. The number of nitrogens with zero attached hydrogens (tertiary/aromatic N) is 1. The largest absolute Gasteiger partial charge is 0.298 e. The van der Waals surface area contributed by atoms with Crippen LogP contribution in [0, 0.1) is 11.8 Å². The van der Waals surface area contributed by atoms with E-state index in [0.29, 0.717) is 0 Å². The topological polar surface area (TPSA) is 24.5 Å². The van der Waals surface area contributed by atoms with Gasteiger partial charge in [-0.3, -0.25) is 15.2 Å². The van der Waals surface area contributed by atoms with Crippen LogP contribution in [0.15, 0.2) is 60.7 Å². The Morgan fingerprint density at radius 2 is 1.88 bits per heavy atom. The molecule has 0 aromatic heterocycles. The van der Waals surface area contributed by atoms with Gasteiger partial charge in [0.05, 0.1) is 12.8 Å². The normalized spacial score (nSPS) is 14.4. The summed E-state index contributed by atoms with van der Waals surface area (Å²) in [5.74, 6) is 6.51. The van der Waals surface area contributed by atoms with Crippen molar-refractivity contribution >= 4 is 11.3 Å². The van der Waals surface area contributed by atoms with Crippen molar-refractivity contribution in [3.05, 3.63) is 71.8 Å². The van der Waals surface area contributed by atoms with Gasteiger partial charge >= 0.3 is 0 Å². The van der Waals surface area contributed by atoms with E-state index in [4.69, 9.17) is 4.84 Å². The summed E-state index contributed by atoms with van der Waals surface area (Å²) >= 11 is 0. The van der Waals surface area contributed by atoms with E-state index >= 15 is 0 Å². The number of anilines is 1. The van der Waals surface area contributed by atoms with Crippen molar-refractivity contribution in [2.24, 2.45) is 0 Å². The van der Waals surface area contributed by atoms with Crippen LogP contribution in [0.5, 0.6) is 0 Å². The van der Waals surface area contributed by atoms with Gasteiger partial charge in [-0.2, -0.15) is 0 Å². The molecule has 0 amide bonds. The molecule has 1 N–H and O–H groups in total. The maximum absolute atomic E-state index is 4.87. The van der Waals surface area contributed by atoms with Crippen LogP contribution in [0.1, 0.15) is 24.0 Å². The Bertz CT molecular complexity index is 754. The summed E-state index contributed by atoms with van der Waals surface area (Å²) in [5.41, 5.74) is 7.59. The molecule has 0 spiro atoms. The second-order valence-corrected chi connectivity index (χ2v) is 6.08. The van der Waals surface area contributed by atoms with Crippen molar-refractivity contribution in [1.82, 2.24) is 4.90 Å². The van der Waals surface area contributed by atoms with Crippen molar-refractivity contribution in [3.63, 3.8) is 0 Å². The van der Waals surface area contributed by atoms with Gasteiger partial charge in [-0.05, 0) is 41.8 Å². The molecule has 1 heterocycles. The predicted octanol–water partition coefficient (Wildman–Crippen LogP) is 4.19. The molecule has 0 bridgehead atoms. The second kappa shape index (κ2) is 9.08. The molecule has 0 saturated carbocycles. The van der Waals surface area contributed by atoms with Crippen molar-refractivity contribution in [2.45, 2.75) is 12.8 Å². The molecular formula is C22H24N2O. The van der Waals surface area contributed by atoms with Gasteiger partial charge in [0.25, 0.3) is 0 Å². The number of hydrogen-bond acceptors (Lipinski definition) is 3. The molecule has 3 rings (SSSR count). The molecule has 0 aliphatic carbocycles. The maximum atomic E-state index is 4.87. The van der Waals surface area contributed by atoms with Gasteiger partial charge in [-0.25, -0.2) is 0 Å². The van der Waals surface area contributed by atoms with Crippen LogP contribution in [0.25, 0.3) is 5.57 Å². The molecule has 0 radical (unpaired) electrons. The van der Waals surface area contributed by atoms with E-state index < -0.39 is 0 Å². The quantitative estimate of drug-likeness (QED) is 0.656. The summed E-state index contributed by atoms with van der Waals surface area (Å²) in [6.07, 6.45) is 4.37. The minimum absolute atomic E-state index is 0.895. The lowest BCUT2D eigenvalue weighted by atomic mass is 9.99. The van der Waals surface area contributed by atoms with Crippen LogP contribution < -0.4 is 5.48 Å². The van der Waals surface area contributed by atoms with Crippen LogP contribution in [0.2, 0.25) is 0 Å². The van der Waals surface area contributed by atoms with Crippen molar-refractivity contribution in [3.8, 4) is 11.8 Å². The van der Waals surface area contributed by atoms with E-state index in [1.54, 1.807) is 7.11 Å². The fourth-order valence-electron chi connectivity index (χ4n) is 2.95. The van der Waals surface area contributed by atoms with Gasteiger partial charge in [0.2, 0.25) is 0 Å². The highest BCUT2D eigenvalue weighted by molar-refractivity contribution is 5.66. The van der Waals surface area contributed by atoms with E-state index in [1.165, 1.54) is 11.1 Å². The van der Waals surface area contributed by atoms with Gasteiger partial charge in [0, 0.05) is 31.6 Å². The molecule has 0 atom stereocenters. The lowest BCUT2D eigenvalue weighted by molar-refractivity contribution is 0.271. The molecule has 25 heavy (non-hydrogen) atoms. The van der Waals surface area contributed by atoms with E-state index in [-0.39, 0.29) is 0 Å². The molecule has 0 unspecified atom stereocenters. The van der Waals surface area contributed by atoms with Crippen LogP contribution in [-0.4, -0.2) is 31.6 Å². The minimum Gasteiger partial charge on any atom is -0.298 e. The summed E-state index contributed by atoms with van der Waals surface area (Å²) in [5, 5.41) is 0. The Morgan fingerprint density at radius 1 is 1.08 bits per heavy atom. The Hall–Kier alpha value is -2.54. The monoisotopic (exact) mass is 332 g/mol. The highest BCUT2D eigenvalue weighted by Gasteiger charge is 2.11. The van der Waals surface area contributed by atoms with Crippen molar-refractivity contribution in [2.75, 3.05) is 32.2 Å². The molecule has 128 valence electrons. The third-order valence-electron chi connectivity index (χ3n) is 4.33. The third kappa shape index (κ3) is 5.22. The highest BCUT2D eigenvalue weighted by atomic mass is 16.6. The van der Waals surface area contributed by atoms with Gasteiger partial charge in [0.15, 0.2) is 0 Å². The smallest absolute Gasteiger partial charge is 0.0636 e. The lowest BCUT2D eigenvalue weighted by Gasteiger charge is -2.25. The lowest BCUT2D eigenvalue weighted by Crippen LogP contribution is -2.29. The Labute approximate surface area is 150 Å². The SMILES string of the molecule is CONc1ccc(C#CCCN2CC=C(c3ccccc3)CC2)cc1. The Kier molecular flexibility index (Phi) is 6.28. The van der Waals surface area contributed by atoms with Crippen LogP contribution in [0.3, 0.4) is 0 Å². The van der Waals surface area contributed by atoms with Gasteiger partial charge in [-0.1, -0.05) is 48.2 Å². The molecule has 2 aromatic carbocycles. The minimum atomic E-state index is 0.895. The zero-order valence-electron chi connectivity index (χ0n) is 14.7. The van der Waals surface area contributed by atoms with Gasteiger partial charge in [0.1, 0.15) is 0 Å². The third-order valence-corrected chi connectivity index (χ3v) is 4.33. The van der Waals surface area contributed by atoms with Crippen LogP contribution in [-0.2, 0) is 4.84 Å². The zero-order valence-corrected chi connectivity index (χ0v) is 14.7. The fraction of sp³-hybridized carbons (Fsp3) is 0.273. The highest BCUT2D eigenvalue weighted by Crippen LogP contribution is 2.21. The van der Waals surface area contributed by atoms with E-state index in [1.807, 2.05) is 24.3 Å². The standard InChI is InChI=1S/C22H24N2O/c1-25-23-22-12-10-19(11-13-22)7-5-6-16-24-17-14-21(15-18-24)20-8-3-2-4-9-20/h2-4,8-14,23H,6,15-18H2,1H3. The second-order valence-electron chi connectivity index (χ2n) is 6.08. The first kappa shape index (κ1) is 17.3. The van der Waals surface area contributed by atoms with E-state index in [2.05, 4.69) is 58.6 Å². The first-order valence-electron chi connectivity index (χ1n) is 8.70. The van der Waals surface area contributed by atoms with Crippen molar-refractivity contribution < 1.29 is 4.84 Å². The van der Waals surface area contributed by atoms with Crippen LogP contribution in [0.4, 0.5) is 5.69 Å². The molecular weight excluding hydrogens is 308 g/mol. The maximum Gasteiger partial charge on any atom is 0.0636 e. The average Bonchev–Trinajstić information content (AvgIpc) is 2.68. The Morgan fingerprint density at radius 3 is 2.56 bits per heavy atom. The predicted molar refractivity (Wildman–Crippen MR) is 104 cm³/mol. The summed E-state index contributed by atoms with van der Waals surface area (Å²) in [7, 11) is 1.60. The molecule has 1 aliphatic heterocycles. The number of benzene rings is 2. The first-order chi connectivity index (χ1) is 12.3.